The highest BCUT2D eigenvalue weighted by molar-refractivity contribution is 5.94. The van der Waals surface area contributed by atoms with Crippen LogP contribution >= 0.6 is 0 Å². The van der Waals surface area contributed by atoms with Crippen LogP contribution in [0.15, 0.2) is 29.3 Å². The van der Waals surface area contributed by atoms with Gasteiger partial charge in [0.25, 0.3) is 0 Å². The highest BCUT2D eigenvalue weighted by Gasteiger charge is 2.25. The second-order valence-corrected chi connectivity index (χ2v) is 8.26. The normalized spacial score (nSPS) is 18.5. The summed E-state index contributed by atoms with van der Waals surface area (Å²) >= 11 is 0. The van der Waals surface area contributed by atoms with Crippen LogP contribution in [0, 0.1) is 5.41 Å². The molecule has 2 rings (SSSR count). The van der Waals surface area contributed by atoms with Crippen molar-refractivity contribution in [3.63, 3.8) is 0 Å². The van der Waals surface area contributed by atoms with Crippen molar-refractivity contribution in [1.82, 2.24) is 4.90 Å². The number of nitrogens with one attached hydrogen (secondary N) is 1. The third kappa shape index (κ3) is 6.73. The maximum absolute atomic E-state index is 5.92. The van der Waals surface area contributed by atoms with E-state index in [1.165, 1.54) is 19.3 Å². The topological polar surface area (TPSA) is 62.9 Å². The Kier molecular flexibility index (Phi) is 8.42. The molecule has 0 aromatic heterocycles. The molecule has 1 aromatic carbocycles. The van der Waals surface area contributed by atoms with Gasteiger partial charge < -0.3 is 20.7 Å². The minimum Gasteiger partial charge on any atom is -0.494 e. The van der Waals surface area contributed by atoms with E-state index in [1.807, 2.05) is 12.1 Å². The molecule has 1 aliphatic heterocycles. The standard InChI is InChI=1S/C22H38N4O/c1-5-15-27-20-12-10-18(11-13-20)25-21(24-17-22(3,4)16-23)26-14-8-7-9-19(26)6-2/h10-13,19H,5-9,14-17,23H2,1-4H3,(H,24,25). The average molecular weight is 375 g/mol. The number of nitrogens with zero attached hydrogens (tertiary/aromatic N) is 2. The number of benzene rings is 1. The smallest absolute Gasteiger partial charge is 0.198 e. The summed E-state index contributed by atoms with van der Waals surface area (Å²) < 4.78 is 5.69. The Morgan fingerprint density at radius 2 is 2.00 bits per heavy atom. The van der Waals surface area contributed by atoms with Crippen LogP contribution < -0.4 is 15.8 Å². The van der Waals surface area contributed by atoms with Crippen LogP contribution in [0.4, 0.5) is 5.69 Å². The summed E-state index contributed by atoms with van der Waals surface area (Å²) in [6.45, 7) is 11.9. The van der Waals surface area contributed by atoms with Crippen LogP contribution in [0.3, 0.4) is 0 Å². The monoisotopic (exact) mass is 374 g/mol. The van der Waals surface area contributed by atoms with Gasteiger partial charge in [-0.15, -0.1) is 0 Å². The number of nitrogens with two attached hydrogens (primary N) is 1. The summed E-state index contributed by atoms with van der Waals surface area (Å²) in [5.41, 5.74) is 6.96. The lowest BCUT2D eigenvalue weighted by atomic mass is 9.94. The van der Waals surface area contributed by atoms with Crippen LogP contribution in [-0.2, 0) is 0 Å². The maximum atomic E-state index is 5.92. The van der Waals surface area contributed by atoms with E-state index >= 15 is 0 Å². The molecule has 1 heterocycles. The zero-order valence-corrected chi connectivity index (χ0v) is 17.6. The van der Waals surface area contributed by atoms with Gasteiger partial charge >= 0.3 is 0 Å². The number of likely N-dealkylation sites (tertiary alicyclic amines) is 1. The molecule has 27 heavy (non-hydrogen) atoms. The van der Waals surface area contributed by atoms with Gasteiger partial charge in [-0.1, -0.05) is 27.7 Å². The fraction of sp³-hybridized carbons (Fsp3) is 0.682. The Labute approximate surface area is 165 Å². The summed E-state index contributed by atoms with van der Waals surface area (Å²) in [6.07, 6.45) is 5.93. The van der Waals surface area contributed by atoms with Crippen molar-refractivity contribution in [3.8, 4) is 5.75 Å². The first-order valence-electron chi connectivity index (χ1n) is 10.5. The molecule has 1 aliphatic rings. The molecule has 1 saturated heterocycles. The molecule has 5 heteroatoms. The molecule has 0 saturated carbocycles. The number of hydrogen-bond acceptors (Lipinski definition) is 3. The molecule has 1 unspecified atom stereocenters. The minimum absolute atomic E-state index is 0.00226. The molecule has 1 aromatic rings. The Bertz CT molecular complexity index is 582. The van der Waals surface area contributed by atoms with Crippen LogP contribution in [0.5, 0.6) is 5.75 Å². The quantitative estimate of drug-likeness (QED) is 0.520. The second-order valence-electron chi connectivity index (χ2n) is 8.26. The summed E-state index contributed by atoms with van der Waals surface area (Å²) in [7, 11) is 0. The maximum Gasteiger partial charge on any atom is 0.198 e. The first-order chi connectivity index (χ1) is 13.0. The molecule has 152 valence electrons. The fourth-order valence-electron chi connectivity index (χ4n) is 3.24. The van der Waals surface area contributed by atoms with E-state index in [1.54, 1.807) is 0 Å². The van der Waals surface area contributed by atoms with E-state index in [2.05, 4.69) is 50.0 Å². The predicted molar refractivity (Wildman–Crippen MR) is 116 cm³/mol. The van der Waals surface area contributed by atoms with E-state index in [0.29, 0.717) is 12.6 Å². The van der Waals surface area contributed by atoms with Crippen molar-refractivity contribution in [1.29, 1.82) is 0 Å². The molecule has 1 fully saturated rings. The number of aliphatic imine (C=N–C) groups is 1. The highest BCUT2D eigenvalue weighted by atomic mass is 16.5. The molecule has 0 spiro atoms. The number of guanidine groups is 1. The molecular formula is C22H38N4O. The van der Waals surface area contributed by atoms with E-state index in [4.69, 9.17) is 15.5 Å². The molecule has 1 atom stereocenters. The van der Waals surface area contributed by atoms with Gasteiger partial charge in [0.2, 0.25) is 0 Å². The number of ether oxygens (including phenoxy) is 1. The molecule has 0 bridgehead atoms. The second kappa shape index (κ2) is 10.5. The number of hydrogen-bond donors (Lipinski definition) is 2. The zero-order valence-electron chi connectivity index (χ0n) is 17.6. The molecule has 0 aliphatic carbocycles. The van der Waals surface area contributed by atoms with E-state index in [0.717, 1.165) is 49.9 Å². The predicted octanol–water partition coefficient (Wildman–Crippen LogP) is 4.49. The minimum atomic E-state index is 0.00226. The lowest BCUT2D eigenvalue weighted by Crippen LogP contribution is -2.47. The zero-order chi connectivity index (χ0) is 19.7. The van der Waals surface area contributed by atoms with E-state index < -0.39 is 0 Å². The number of piperidine rings is 1. The fourth-order valence-corrected chi connectivity index (χ4v) is 3.24. The van der Waals surface area contributed by atoms with Gasteiger partial charge in [-0.2, -0.15) is 0 Å². The summed E-state index contributed by atoms with van der Waals surface area (Å²) in [5.74, 6) is 1.89. The Hall–Kier alpha value is -1.75. The Morgan fingerprint density at radius 1 is 1.26 bits per heavy atom. The van der Waals surface area contributed by atoms with Gasteiger partial charge in [0.1, 0.15) is 5.75 Å². The third-order valence-corrected chi connectivity index (χ3v) is 5.16. The van der Waals surface area contributed by atoms with E-state index in [-0.39, 0.29) is 5.41 Å². The van der Waals surface area contributed by atoms with Crippen LogP contribution in [-0.4, -0.2) is 43.1 Å². The lowest BCUT2D eigenvalue weighted by molar-refractivity contribution is 0.233. The largest absolute Gasteiger partial charge is 0.494 e. The van der Waals surface area contributed by atoms with Crippen molar-refractivity contribution in [2.75, 3.05) is 31.6 Å². The molecular weight excluding hydrogens is 336 g/mol. The summed E-state index contributed by atoms with van der Waals surface area (Å²) in [5, 5.41) is 3.57. The van der Waals surface area contributed by atoms with Crippen LogP contribution in [0.2, 0.25) is 0 Å². The van der Waals surface area contributed by atoms with Gasteiger partial charge in [-0.3, -0.25) is 4.99 Å². The number of anilines is 1. The number of rotatable bonds is 8. The van der Waals surface area contributed by atoms with Gasteiger partial charge in [-0.05, 0) is 68.3 Å². The highest BCUT2D eigenvalue weighted by Crippen LogP contribution is 2.23. The third-order valence-electron chi connectivity index (χ3n) is 5.16. The van der Waals surface area contributed by atoms with Gasteiger partial charge in [0.05, 0.1) is 6.61 Å². The van der Waals surface area contributed by atoms with Crippen molar-refractivity contribution < 1.29 is 4.74 Å². The van der Waals surface area contributed by atoms with E-state index in [9.17, 15) is 0 Å². The first-order valence-corrected chi connectivity index (χ1v) is 10.5. The molecule has 3 N–H and O–H groups in total. The first kappa shape index (κ1) is 21.5. The van der Waals surface area contributed by atoms with Crippen molar-refractivity contribution in [2.45, 2.75) is 65.8 Å². The molecule has 0 radical (unpaired) electrons. The lowest BCUT2D eigenvalue weighted by Gasteiger charge is -2.38. The van der Waals surface area contributed by atoms with Crippen molar-refractivity contribution >= 4 is 11.6 Å². The SMILES string of the molecule is CCCOc1ccc(NC(=NCC(C)(C)CN)N2CCCCC2CC)cc1. The Morgan fingerprint density at radius 3 is 2.63 bits per heavy atom. The summed E-state index contributed by atoms with van der Waals surface area (Å²) in [6, 6.07) is 8.73. The van der Waals surface area contributed by atoms with Gasteiger partial charge in [-0.25, -0.2) is 0 Å². The van der Waals surface area contributed by atoms with Crippen molar-refractivity contribution in [3.05, 3.63) is 24.3 Å². The van der Waals surface area contributed by atoms with Crippen LogP contribution in [0.1, 0.15) is 59.8 Å². The average Bonchev–Trinajstić information content (AvgIpc) is 2.70. The van der Waals surface area contributed by atoms with Crippen LogP contribution in [0.25, 0.3) is 0 Å². The molecule has 5 nitrogen and oxygen atoms in total. The van der Waals surface area contributed by atoms with Gasteiger partial charge in [0, 0.05) is 24.8 Å². The van der Waals surface area contributed by atoms with Crippen molar-refractivity contribution in [2.24, 2.45) is 16.1 Å². The summed E-state index contributed by atoms with van der Waals surface area (Å²) in [4.78, 5) is 7.43. The Balaban J connectivity index is 2.17. The van der Waals surface area contributed by atoms with Gasteiger partial charge in [0.15, 0.2) is 5.96 Å². The molecule has 0 amide bonds.